The molecule has 0 bridgehead atoms. The molecule has 94 valence electrons. The van der Waals surface area contributed by atoms with E-state index >= 15 is 0 Å². The summed E-state index contributed by atoms with van der Waals surface area (Å²) in [4.78, 5) is 11.3. The summed E-state index contributed by atoms with van der Waals surface area (Å²) in [7, 11) is 1.35. The predicted octanol–water partition coefficient (Wildman–Crippen LogP) is 3.50. The molecule has 18 heavy (non-hydrogen) atoms. The molecule has 1 aromatic carbocycles. The van der Waals surface area contributed by atoms with Crippen LogP contribution in [0, 0.1) is 0 Å². The van der Waals surface area contributed by atoms with Crippen molar-refractivity contribution in [2.45, 2.75) is 6.92 Å². The molecule has 0 spiro atoms. The summed E-state index contributed by atoms with van der Waals surface area (Å²) in [6.45, 7) is 5.28. The maximum atomic E-state index is 11.3. The molecule has 1 N–H and O–H groups in total. The molecular weight excluding hydrogens is 228 g/mol. The minimum absolute atomic E-state index is 0.000492. The van der Waals surface area contributed by atoms with Crippen molar-refractivity contribution in [1.29, 1.82) is 0 Å². The third kappa shape index (κ3) is 3.63. The number of aliphatic hydroxyl groups is 1. The third-order valence-corrected chi connectivity index (χ3v) is 2.41. The molecule has 0 heterocycles. The monoisotopic (exact) mass is 244 g/mol. The van der Waals surface area contributed by atoms with Crippen LogP contribution in [0.1, 0.15) is 22.8 Å². The van der Waals surface area contributed by atoms with Gasteiger partial charge in [-0.3, -0.25) is 0 Å². The Hall–Kier alpha value is -2.29. The highest BCUT2D eigenvalue weighted by molar-refractivity contribution is 5.90. The fourth-order valence-corrected chi connectivity index (χ4v) is 1.46. The lowest BCUT2D eigenvalue weighted by molar-refractivity contribution is 0.0600. The van der Waals surface area contributed by atoms with Gasteiger partial charge in [-0.2, -0.15) is 0 Å². The van der Waals surface area contributed by atoms with E-state index < -0.39 is 0 Å². The minimum Gasteiger partial charge on any atom is -0.509 e. The average Bonchev–Trinajstić information content (AvgIpc) is 2.39. The quantitative estimate of drug-likeness (QED) is 0.501. The Morgan fingerprint density at radius 3 is 2.22 bits per heavy atom. The summed E-state index contributed by atoms with van der Waals surface area (Å²) in [5.41, 5.74) is 2.39. The van der Waals surface area contributed by atoms with Crippen LogP contribution in [0.3, 0.4) is 0 Å². The number of esters is 1. The number of hydrogen-bond donors (Lipinski definition) is 1. The molecule has 0 aliphatic heterocycles. The van der Waals surface area contributed by atoms with Crippen molar-refractivity contribution in [2.75, 3.05) is 7.11 Å². The standard InChI is InChI=1S/C15H16O3/c1-4-12(6-5-11(2)16)13-7-9-14(10-8-13)15(17)18-3/h4-10,16H,2H2,1,3H3/b6-5-,12-4+. The Morgan fingerprint density at radius 2 is 1.78 bits per heavy atom. The van der Waals surface area contributed by atoms with Gasteiger partial charge in [0, 0.05) is 0 Å². The Morgan fingerprint density at radius 1 is 1.22 bits per heavy atom. The van der Waals surface area contributed by atoms with Gasteiger partial charge in [-0.25, -0.2) is 4.79 Å². The van der Waals surface area contributed by atoms with Crippen LogP contribution in [0.2, 0.25) is 0 Å². The van der Waals surface area contributed by atoms with Crippen LogP contribution in [0.25, 0.3) is 5.57 Å². The van der Waals surface area contributed by atoms with Crippen molar-refractivity contribution in [3.05, 3.63) is 66.0 Å². The molecule has 0 saturated heterocycles. The summed E-state index contributed by atoms with van der Waals surface area (Å²) in [5.74, 6) is -0.358. The van der Waals surface area contributed by atoms with E-state index in [9.17, 15) is 4.79 Å². The first kappa shape index (κ1) is 13.8. The Labute approximate surface area is 107 Å². The van der Waals surface area contributed by atoms with Crippen LogP contribution in [-0.2, 0) is 4.74 Å². The summed E-state index contributed by atoms with van der Waals surface area (Å²) in [6.07, 6.45) is 5.19. The lowest BCUT2D eigenvalue weighted by Gasteiger charge is -2.04. The zero-order valence-corrected chi connectivity index (χ0v) is 10.5. The van der Waals surface area contributed by atoms with Crippen molar-refractivity contribution < 1.29 is 14.6 Å². The number of carbonyl (C=O) groups excluding carboxylic acids is 1. The SMILES string of the molecule is C=C(O)/C=C\C(=C/C)c1ccc(C(=O)OC)cc1. The first-order valence-electron chi connectivity index (χ1n) is 5.49. The zero-order valence-electron chi connectivity index (χ0n) is 10.5. The van der Waals surface area contributed by atoms with Crippen molar-refractivity contribution in [1.82, 2.24) is 0 Å². The van der Waals surface area contributed by atoms with Crippen LogP contribution >= 0.6 is 0 Å². The lowest BCUT2D eigenvalue weighted by Crippen LogP contribution is -2.00. The summed E-state index contributed by atoms with van der Waals surface area (Å²) < 4.78 is 4.63. The van der Waals surface area contributed by atoms with Gasteiger partial charge in [0.1, 0.15) is 5.76 Å². The van der Waals surface area contributed by atoms with Crippen LogP contribution in [0.4, 0.5) is 0 Å². The van der Waals surface area contributed by atoms with Crippen LogP contribution < -0.4 is 0 Å². The second-order valence-corrected chi connectivity index (χ2v) is 3.64. The van der Waals surface area contributed by atoms with Crippen molar-refractivity contribution >= 4 is 11.5 Å². The van der Waals surface area contributed by atoms with Gasteiger partial charge >= 0.3 is 5.97 Å². The molecule has 0 aromatic heterocycles. The van der Waals surface area contributed by atoms with E-state index in [4.69, 9.17) is 5.11 Å². The maximum Gasteiger partial charge on any atom is 0.337 e. The lowest BCUT2D eigenvalue weighted by atomic mass is 10.0. The third-order valence-electron chi connectivity index (χ3n) is 2.41. The van der Waals surface area contributed by atoms with E-state index in [2.05, 4.69) is 11.3 Å². The number of methoxy groups -OCH3 is 1. The van der Waals surface area contributed by atoms with E-state index in [1.165, 1.54) is 13.2 Å². The van der Waals surface area contributed by atoms with Crippen LogP contribution in [0.5, 0.6) is 0 Å². The molecule has 0 amide bonds. The Bertz CT molecular complexity index is 493. The molecule has 1 aromatic rings. The molecule has 0 atom stereocenters. The van der Waals surface area contributed by atoms with Gasteiger partial charge in [0.25, 0.3) is 0 Å². The van der Waals surface area contributed by atoms with Crippen molar-refractivity contribution in [2.24, 2.45) is 0 Å². The Kier molecular flexibility index (Phi) is 4.93. The number of rotatable bonds is 4. The highest BCUT2D eigenvalue weighted by Gasteiger charge is 2.05. The fourth-order valence-electron chi connectivity index (χ4n) is 1.46. The van der Waals surface area contributed by atoms with Gasteiger partial charge in [0.15, 0.2) is 0 Å². The molecular formula is C15H16O3. The number of hydrogen-bond acceptors (Lipinski definition) is 3. The van der Waals surface area contributed by atoms with E-state index in [-0.39, 0.29) is 11.7 Å². The van der Waals surface area contributed by atoms with Crippen LogP contribution in [0.15, 0.2) is 54.8 Å². The molecule has 0 aliphatic rings. The first-order chi connectivity index (χ1) is 8.58. The van der Waals surface area contributed by atoms with Crippen LogP contribution in [-0.4, -0.2) is 18.2 Å². The minimum atomic E-state index is -0.358. The van der Waals surface area contributed by atoms with Crippen molar-refractivity contribution in [3.63, 3.8) is 0 Å². The number of benzene rings is 1. The molecule has 0 radical (unpaired) electrons. The average molecular weight is 244 g/mol. The first-order valence-corrected chi connectivity index (χ1v) is 5.49. The molecule has 3 heteroatoms. The van der Waals surface area contributed by atoms with Crippen molar-refractivity contribution in [3.8, 4) is 0 Å². The van der Waals surface area contributed by atoms with Gasteiger partial charge in [0.05, 0.1) is 12.7 Å². The number of carbonyl (C=O) groups is 1. The molecule has 3 nitrogen and oxygen atoms in total. The van der Waals surface area contributed by atoms with E-state index in [0.29, 0.717) is 5.56 Å². The second kappa shape index (κ2) is 6.45. The predicted molar refractivity (Wildman–Crippen MR) is 72.3 cm³/mol. The van der Waals surface area contributed by atoms with E-state index in [1.54, 1.807) is 18.2 Å². The maximum absolute atomic E-state index is 11.3. The number of ether oxygens (including phenoxy) is 1. The molecule has 0 unspecified atom stereocenters. The smallest absolute Gasteiger partial charge is 0.337 e. The van der Waals surface area contributed by atoms with Gasteiger partial charge in [-0.15, -0.1) is 0 Å². The van der Waals surface area contributed by atoms with E-state index in [0.717, 1.165) is 11.1 Å². The van der Waals surface area contributed by atoms with Gasteiger partial charge < -0.3 is 9.84 Å². The van der Waals surface area contributed by atoms with Gasteiger partial charge in [-0.05, 0) is 36.3 Å². The van der Waals surface area contributed by atoms with Gasteiger partial charge in [-0.1, -0.05) is 30.9 Å². The largest absolute Gasteiger partial charge is 0.509 e. The van der Waals surface area contributed by atoms with Gasteiger partial charge in [0.2, 0.25) is 0 Å². The summed E-state index contributed by atoms with van der Waals surface area (Å²) in [6, 6.07) is 7.05. The summed E-state index contributed by atoms with van der Waals surface area (Å²) >= 11 is 0. The highest BCUT2D eigenvalue weighted by atomic mass is 16.5. The summed E-state index contributed by atoms with van der Waals surface area (Å²) in [5, 5.41) is 9.02. The molecule has 1 rings (SSSR count). The number of allylic oxidation sites excluding steroid dienone is 4. The second-order valence-electron chi connectivity index (χ2n) is 3.64. The zero-order chi connectivity index (χ0) is 13.5. The topological polar surface area (TPSA) is 46.5 Å². The number of aliphatic hydroxyl groups excluding tert-OH is 1. The molecule has 0 aliphatic carbocycles. The molecule has 0 fully saturated rings. The Balaban J connectivity index is 2.96. The highest BCUT2D eigenvalue weighted by Crippen LogP contribution is 2.17. The fraction of sp³-hybridized carbons (Fsp3) is 0.133. The van der Waals surface area contributed by atoms with E-state index in [1.807, 2.05) is 25.1 Å². The molecule has 0 saturated carbocycles. The normalized spacial score (nSPS) is 11.6.